The molecular weight excluding hydrogens is 348 g/mol. The number of allylic oxidation sites excluding steroid dienone is 4. The van der Waals surface area contributed by atoms with Gasteiger partial charge in [-0.25, -0.2) is 4.79 Å². The number of carbonyl (C=O) groups excluding carboxylic acids is 1. The van der Waals surface area contributed by atoms with Gasteiger partial charge in [0.25, 0.3) is 0 Å². The molecule has 0 spiro atoms. The van der Waals surface area contributed by atoms with Crippen LogP contribution in [0.25, 0.3) is 5.57 Å². The molecule has 1 aromatic carbocycles. The zero-order valence-electron chi connectivity index (χ0n) is 17.6. The van der Waals surface area contributed by atoms with Crippen LogP contribution in [0, 0.1) is 5.41 Å². The summed E-state index contributed by atoms with van der Waals surface area (Å²) >= 11 is 0. The zero-order chi connectivity index (χ0) is 20.1. The van der Waals surface area contributed by atoms with Crippen LogP contribution < -0.4 is 0 Å². The van der Waals surface area contributed by atoms with Gasteiger partial charge in [-0.15, -0.1) is 0 Å². The van der Waals surface area contributed by atoms with Gasteiger partial charge in [0.05, 0.1) is 12.7 Å². The number of likely N-dealkylation sites (N-methyl/N-ethyl adjacent to an activating group) is 1. The van der Waals surface area contributed by atoms with Crippen molar-refractivity contribution in [3.63, 3.8) is 0 Å². The summed E-state index contributed by atoms with van der Waals surface area (Å²) in [5.41, 5.74) is 4.24. The van der Waals surface area contributed by atoms with E-state index in [1.54, 1.807) is 0 Å². The van der Waals surface area contributed by atoms with Crippen molar-refractivity contribution in [1.82, 2.24) is 9.80 Å². The summed E-state index contributed by atoms with van der Waals surface area (Å²) in [6.45, 7) is 10.1. The van der Waals surface area contributed by atoms with Crippen molar-refractivity contribution in [2.24, 2.45) is 5.41 Å². The number of methoxy groups -OCH3 is 1. The fourth-order valence-corrected chi connectivity index (χ4v) is 3.86. The lowest BCUT2D eigenvalue weighted by molar-refractivity contribution is 0.0600. The average molecular weight is 381 g/mol. The Labute approximate surface area is 169 Å². The molecule has 0 amide bonds. The molecule has 0 radical (unpaired) electrons. The lowest BCUT2D eigenvalue weighted by Gasteiger charge is -2.24. The van der Waals surface area contributed by atoms with Crippen LogP contribution in [0.15, 0.2) is 54.1 Å². The number of esters is 1. The van der Waals surface area contributed by atoms with E-state index in [0.717, 1.165) is 31.7 Å². The first-order chi connectivity index (χ1) is 13.4. The molecule has 0 bridgehead atoms. The highest BCUT2D eigenvalue weighted by molar-refractivity contribution is 5.90. The van der Waals surface area contributed by atoms with Gasteiger partial charge >= 0.3 is 5.97 Å². The van der Waals surface area contributed by atoms with Gasteiger partial charge in [-0.1, -0.05) is 50.3 Å². The Bertz CT molecular complexity index is 787. The van der Waals surface area contributed by atoms with Gasteiger partial charge in [0.2, 0.25) is 0 Å². The second-order valence-electron chi connectivity index (χ2n) is 8.38. The molecular formula is C24H32N2O2. The lowest BCUT2D eigenvalue weighted by Crippen LogP contribution is -2.30. The van der Waals surface area contributed by atoms with Gasteiger partial charge in [-0.2, -0.15) is 0 Å². The summed E-state index contributed by atoms with van der Waals surface area (Å²) in [6.07, 6.45) is 10.3. The Balaban J connectivity index is 1.79. The predicted octanol–water partition coefficient (Wildman–Crippen LogP) is 4.02. The Morgan fingerprint density at radius 1 is 1.07 bits per heavy atom. The molecule has 1 fully saturated rings. The van der Waals surface area contributed by atoms with Gasteiger partial charge in [0, 0.05) is 25.0 Å². The van der Waals surface area contributed by atoms with Crippen LogP contribution in [0.2, 0.25) is 0 Å². The smallest absolute Gasteiger partial charge is 0.337 e. The van der Waals surface area contributed by atoms with Crippen molar-refractivity contribution >= 4 is 11.5 Å². The molecule has 1 aromatic rings. The van der Waals surface area contributed by atoms with Crippen LogP contribution in [0.1, 0.15) is 36.2 Å². The minimum Gasteiger partial charge on any atom is -0.465 e. The standard InChI is InChI=1S/C24H32N2O2/c1-24(2)13-12-19(18-26-15-5-14-25(3)16-17-26)6-11-22(24)20-7-9-21(10-8-20)23(27)28-4/h6-13H,5,14-18H2,1-4H3. The van der Waals surface area contributed by atoms with E-state index in [2.05, 4.69) is 55.0 Å². The number of ether oxygens (including phenoxy) is 1. The maximum absolute atomic E-state index is 11.7. The molecule has 1 aliphatic heterocycles. The highest BCUT2D eigenvalue weighted by Gasteiger charge is 2.23. The third kappa shape index (κ3) is 5.00. The first-order valence-corrected chi connectivity index (χ1v) is 10.1. The summed E-state index contributed by atoms with van der Waals surface area (Å²) in [5, 5.41) is 0. The Kier molecular flexibility index (Phi) is 6.53. The molecule has 28 heavy (non-hydrogen) atoms. The third-order valence-corrected chi connectivity index (χ3v) is 5.71. The monoisotopic (exact) mass is 380 g/mol. The van der Waals surface area contributed by atoms with Crippen LogP contribution >= 0.6 is 0 Å². The number of rotatable bonds is 4. The first-order valence-electron chi connectivity index (χ1n) is 10.1. The van der Waals surface area contributed by atoms with E-state index in [9.17, 15) is 4.79 Å². The first kappa shape index (κ1) is 20.6. The minimum absolute atomic E-state index is 0.0793. The van der Waals surface area contributed by atoms with Crippen LogP contribution in [0.3, 0.4) is 0 Å². The van der Waals surface area contributed by atoms with E-state index in [1.807, 2.05) is 24.3 Å². The minimum atomic E-state index is -0.300. The highest BCUT2D eigenvalue weighted by Crippen LogP contribution is 2.38. The molecule has 1 saturated heterocycles. The van der Waals surface area contributed by atoms with Crippen molar-refractivity contribution < 1.29 is 9.53 Å². The quantitative estimate of drug-likeness (QED) is 0.739. The van der Waals surface area contributed by atoms with Gasteiger partial charge in [-0.3, -0.25) is 4.90 Å². The van der Waals surface area contributed by atoms with Crippen molar-refractivity contribution in [1.29, 1.82) is 0 Å². The summed E-state index contributed by atoms with van der Waals surface area (Å²) in [4.78, 5) is 16.7. The SMILES string of the molecule is COC(=O)c1ccc(C2=CC=C(CN3CCCN(C)CC3)C=CC2(C)C)cc1. The van der Waals surface area contributed by atoms with Crippen molar-refractivity contribution in [2.45, 2.75) is 20.3 Å². The van der Waals surface area contributed by atoms with Crippen LogP contribution in [0.5, 0.6) is 0 Å². The second-order valence-corrected chi connectivity index (χ2v) is 8.38. The fraction of sp³-hybridized carbons (Fsp3) is 0.458. The van der Waals surface area contributed by atoms with Crippen molar-refractivity contribution in [3.8, 4) is 0 Å². The summed E-state index contributed by atoms with van der Waals surface area (Å²) in [5.74, 6) is -0.300. The topological polar surface area (TPSA) is 32.8 Å². The lowest BCUT2D eigenvalue weighted by atomic mass is 9.80. The number of carbonyl (C=O) groups is 1. The second kappa shape index (κ2) is 8.89. The van der Waals surface area contributed by atoms with E-state index in [4.69, 9.17) is 4.74 Å². The molecule has 0 unspecified atom stereocenters. The molecule has 1 aliphatic carbocycles. The van der Waals surface area contributed by atoms with Crippen molar-refractivity contribution in [3.05, 3.63) is 65.3 Å². The summed E-state index contributed by atoms with van der Waals surface area (Å²) in [7, 11) is 3.62. The maximum Gasteiger partial charge on any atom is 0.337 e. The zero-order valence-corrected chi connectivity index (χ0v) is 17.6. The molecule has 4 nitrogen and oxygen atoms in total. The molecule has 0 atom stereocenters. The summed E-state index contributed by atoms with van der Waals surface area (Å²) < 4.78 is 4.80. The van der Waals surface area contributed by atoms with E-state index in [-0.39, 0.29) is 11.4 Å². The largest absolute Gasteiger partial charge is 0.465 e. The van der Waals surface area contributed by atoms with E-state index >= 15 is 0 Å². The Morgan fingerprint density at radius 2 is 1.82 bits per heavy atom. The third-order valence-electron chi connectivity index (χ3n) is 5.71. The predicted molar refractivity (Wildman–Crippen MR) is 115 cm³/mol. The van der Waals surface area contributed by atoms with Crippen LogP contribution in [-0.2, 0) is 4.74 Å². The van der Waals surface area contributed by atoms with Crippen LogP contribution in [0.4, 0.5) is 0 Å². The van der Waals surface area contributed by atoms with Gasteiger partial charge < -0.3 is 9.64 Å². The molecule has 2 aliphatic rings. The number of benzene rings is 1. The normalized spacial score (nSPS) is 20.7. The molecule has 150 valence electrons. The molecule has 0 saturated carbocycles. The van der Waals surface area contributed by atoms with E-state index < -0.39 is 0 Å². The van der Waals surface area contributed by atoms with Gasteiger partial charge in [0.15, 0.2) is 0 Å². The van der Waals surface area contributed by atoms with Crippen molar-refractivity contribution in [2.75, 3.05) is 46.9 Å². The molecule has 4 heteroatoms. The number of hydrogen-bond donors (Lipinski definition) is 0. The van der Waals surface area contributed by atoms with Crippen LogP contribution in [-0.4, -0.2) is 62.7 Å². The Hall–Kier alpha value is -2.17. The summed E-state index contributed by atoms with van der Waals surface area (Å²) in [6, 6.07) is 7.70. The van der Waals surface area contributed by atoms with E-state index in [0.29, 0.717) is 5.56 Å². The number of nitrogens with zero attached hydrogens (tertiary/aromatic N) is 2. The molecule has 0 aromatic heterocycles. The number of hydrogen-bond acceptors (Lipinski definition) is 4. The average Bonchev–Trinajstić information content (AvgIpc) is 2.97. The maximum atomic E-state index is 11.7. The van der Waals surface area contributed by atoms with Gasteiger partial charge in [-0.05, 0) is 55.4 Å². The van der Waals surface area contributed by atoms with E-state index in [1.165, 1.54) is 31.2 Å². The molecule has 3 rings (SSSR count). The fourth-order valence-electron chi connectivity index (χ4n) is 3.86. The van der Waals surface area contributed by atoms with Gasteiger partial charge in [0.1, 0.15) is 0 Å². The highest BCUT2D eigenvalue weighted by atomic mass is 16.5. The molecule has 1 heterocycles. The Morgan fingerprint density at radius 3 is 2.54 bits per heavy atom. The molecule has 0 N–H and O–H groups in total.